The molecular weight excluding hydrogens is 240 g/mol. The molecule has 3 rings (SSSR count). The maximum absolute atomic E-state index is 11.8. The summed E-state index contributed by atoms with van der Waals surface area (Å²) in [6, 6.07) is 5.92. The molecule has 0 saturated carbocycles. The van der Waals surface area contributed by atoms with Crippen molar-refractivity contribution in [2.75, 3.05) is 38.0 Å². The van der Waals surface area contributed by atoms with Crippen LogP contribution < -0.4 is 16.4 Å². The number of hydrogen-bond donors (Lipinski definition) is 3. The first-order chi connectivity index (χ1) is 9.25. The Bertz CT molecular complexity index is 482. The van der Waals surface area contributed by atoms with Crippen molar-refractivity contribution in [3.8, 4) is 0 Å². The summed E-state index contributed by atoms with van der Waals surface area (Å²) in [4.78, 5) is 14.0. The maximum atomic E-state index is 11.8. The summed E-state index contributed by atoms with van der Waals surface area (Å²) in [5.41, 5.74) is 9.13. The van der Waals surface area contributed by atoms with Crippen LogP contribution in [0.1, 0.15) is 17.2 Å². The zero-order valence-corrected chi connectivity index (χ0v) is 11.0. The smallest absolute Gasteiger partial charge is 0.239 e. The number of piperazine rings is 1. The molecule has 5 nitrogen and oxygen atoms in total. The highest BCUT2D eigenvalue weighted by Gasteiger charge is 2.27. The van der Waals surface area contributed by atoms with Crippen molar-refractivity contribution in [2.45, 2.75) is 12.5 Å². The minimum absolute atomic E-state index is 0.257. The van der Waals surface area contributed by atoms with Gasteiger partial charge in [-0.05, 0) is 23.6 Å². The molecule has 2 aliphatic heterocycles. The van der Waals surface area contributed by atoms with E-state index >= 15 is 0 Å². The molecule has 2 aliphatic rings. The highest BCUT2D eigenvalue weighted by Crippen LogP contribution is 2.28. The summed E-state index contributed by atoms with van der Waals surface area (Å²) in [6.45, 7) is 4.53. The molecule has 1 aromatic rings. The van der Waals surface area contributed by atoms with Crippen molar-refractivity contribution in [3.63, 3.8) is 0 Å². The number of fused-ring (bicyclic) bond motifs is 1. The Kier molecular flexibility index (Phi) is 3.40. The van der Waals surface area contributed by atoms with Crippen LogP contribution in [-0.4, -0.2) is 43.5 Å². The number of nitrogens with one attached hydrogen (secondary N) is 2. The number of hydrogen-bond acceptors (Lipinski definition) is 4. The average molecular weight is 260 g/mol. The van der Waals surface area contributed by atoms with Crippen LogP contribution in [0.25, 0.3) is 0 Å². The first-order valence-corrected chi connectivity index (χ1v) is 6.86. The van der Waals surface area contributed by atoms with Crippen molar-refractivity contribution in [1.82, 2.24) is 10.2 Å². The van der Waals surface area contributed by atoms with Gasteiger partial charge < -0.3 is 16.4 Å². The number of benzene rings is 1. The van der Waals surface area contributed by atoms with Crippen LogP contribution in [-0.2, 0) is 11.2 Å². The number of primary amides is 1. The summed E-state index contributed by atoms with van der Waals surface area (Å²) >= 11 is 0. The van der Waals surface area contributed by atoms with Gasteiger partial charge in [0.1, 0.15) is 6.04 Å². The Morgan fingerprint density at radius 1 is 1.26 bits per heavy atom. The van der Waals surface area contributed by atoms with Crippen LogP contribution in [0.4, 0.5) is 5.69 Å². The Labute approximate surface area is 113 Å². The van der Waals surface area contributed by atoms with Gasteiger partial charge in [0.15, 0.2) is 0 Å². The second-order valence-electron chi connectivity index (χ2n) is 5.18. The lowest BCUT2D eigenvalue weighted by atomic mass is 10.00. The quantitative estimate of drug-likeness (QED) is 0.720. The van der Waals surface area contributed by atoms with E-state index in [1.807, 2.05) is 6.07 Å². The van der Waals surface area contributed by atoms with E-state index in [-0.39, 0.29) is 11.9 Å². The van der Waals surface area contributed by atoms with Gasteiger partial charge in [-0.25, -0.2) is 0 Å². The van der Waals surface area contributed by atoms with E-state index in [4.69, 9.17) is 5.73 Å². The predicted octanol–water partition coefficient (Wildman–Crippen LogP) is 0.0862. The number of rotatable bonds is 3. The van der Waals surface area contributed by atoms with Gasteiger partial charge in [0.05, 0.1) is 0 Å². The summed E-state index contributed by atoms with van der Waals surface area (Å²) in [5.74, 6) is -0.257. The minimum Gasteiger partial charge on any atom is -0.384 e. The number of nitrogens with two attached hydrogens (primary N) is 1. The standard InChI is InChI=1S/C14H20N4O/c15-14(19)13(18-7-5-16-6-8-18)11-1-2-12-10(9-11)3-4-17-12/h1-2,9,13,16-17H,3-8H2,(H2,15,19). The molecule has 0 spiro atoms. The first-order valence-electron chi connectivity index (χ1n) is 6.86. The van der Waals surface area contributed by atoms with Crippen molar-refractivity contribution < 1.29 is 4.79 Å². The van der Waals surface area contributed by atoms with E-state index in [9.17, 15) is 4.79 Å². The van der Waals surface area contributed by atoms with Crippen LogP contribution >= 0.6 is 0 Å². The largest absolute Gasteiger partial charge is 0.384 e. The molecule has 4 N–H and O–H groups in total. The van der Waals surface area contributed by atoms with Gasteiger partial charge in [-0.2, -0.15) is 0 Å². The van der Waals surface area contributed by atoms with Crippen molar-refractivity contribution in [3.05, 3.63) is 29.3 Å². The Morgan fingerprint density at radius 2 is 2.05 bits per heavy atom. The van der Waals surface area contributed by atoms with Gasteiger partial charge in [0.2, 0.25) is 5.91 Å². The molecule has 0 aliphatic carbocycles. The number of nitrogens with zero attached hydrogens (tertiary/aromatic N) is 1. The van der Waals surface area contributed by atoms with E-state index in [1.165, 1.54) is 11.3 Å². The van der Waals surface area contributed by atoms with E-state index in [0.29, 0.717) is 0 Å². The van der Waals surface area contributed by atoms with Gasteiger partial charge in [-0.3, -0.25) is 9.69 Å². The molecule has 5 heteroatoms. The van der Waals surface area contributed by atoms with Crippen LogP contribution in [0.5, 0.6) is 0 Å². The van der Waals surface area contributed by atoms with Crippen LogP contribution in [0.15, 0.2) is 18.2 Å². The average Bonchev–Trinajstić information content (AvgIpc) is 2.87. The topological polar surface area (TPSA) is 70.4 Å². The fourth-order valence-electron chi connectivity index (χ4n) is 2.99. The molecule has 19 heavy (non-hydrogen) atoms. The van der Waals surface area contributed by atoms with Crippen molar-refractivity contribution in [2.24, 2.45) is 5.73 Å². The first kappa shape index (κ1) is 12.4. The van der Waals surface area contributed by atoms with E-state index in [0.717, 1.165) is 44.7 Å². The lowest BCUT2D eigenvalue weighted by Crippen LogP contribution is -2.48. The van der Waals surface area contributed by atoms with Crippen LogP contribution in [0, 0.1) is 0 Å². The zero-order valence-electron chi connectivity index (χ0n) is 11.0. The van der Waals surface area contributed by atoms with Gasteiger partial charge in [-0.1, -0.05) is 12.1 Å². The minimum atomic E-state index is -0.298. The molecule has 2 heterocycles. The third-order valence-electron chi connectivity index (χ3n) is 3.94. The molecule has 1 unspecified atom stereocenters. The second-order valence-corrected chi connectivity index (χ2v) is 5.18. The van der Waals surface area contributed by atoms with Crippen LogP contribution in [0.2, 0.25) is 0 Å². The predicted molar refractivity (Wildman–Crippen MR) is 75.0 cm³/mol. The third kappa shape index (κ3) is 2.43. The zero-order chi connectivity index (χ0) is 13.2. The number of anilines is 1. The number of carbonyl (C=O) groups is 1. The van der Waals surface area contributed by atoms with Gasteiger partial charge in [0, 0.05) is 38.4 Å². The normalized spacial score (nSPS) is 20.6. The SMILES string of the molecule is NC(=O)C(c1ccc2c(c1)CCN2)N1CCNCC1. The lowest BCUT2D eigenvalue weighted by molar-refractivity contribution is -0.123. The van der Waals surface area contributed by atoms with Crippen LogP contribution in [0.3, 0.4) is 0 Å². The molecule has 1 aromatic carbocycles. The number of carbonyl (C=O) groups excluding carboxylic acids is 1. The van der Waals surface area contributed by atoms with Gasteiger partial charge in [0.25, 0.3) is 0 Å². The summed E-state index contributed by atoms with van der Waals surface area (Å²) in [7, 11) is 0. The van der Waals surface area contributed by atoms with Crippen molar-refractivity contribution >= 4 is 11.6 Å². The molecule has 0 aromatic heterocycles. The summed E-state index contributed by atoms with van der Waals surface area (Å²) < 4.78 is 0. The fourth-order valence-corrected chi connectivity index (χ4v) is 2.99. The molecule has 0 radical (unpaired) electrons. The maximum Gasteiger partial charge on any atom is 0.239 e. The molecule has 1 amide bonds. The molecule has 102 valence electrons. The van der Waals surface area contributed by atoms with E-state index < -0.39 is 0 Å². The second kappa shape index (κ2) is 5.19. The number of amides is 1. The molecule has 0 bridgehead atoms. The Balaban J connectivity index is 1.89. The molecule has 1 atom stereocenters. The monoisotopic (exact) mass is 260 g/mol. The van der Waals surface area contributed by atoms with E-state index in [1.54, 1.807) is 0 Å². The van der Waals surface area contributed by atoms with E-state index in [2.05, 4.69) is 27.7 Å². The molecular formula is C14H20N4O. The van der Waals surface area contributed by atoms with Gasteiger partial charge >= 0.3 is 0 Å². The van der Waals surface area contributed by atoms with Gasteiger partial charge in [-0.15, -0.1) is 0 Å². The Hall–Kier alpha value is -1.59. The highest BCUT2D eigenvalue weighted by atomic mass is 16.1. The van der Waals surface area contributed by atoms with Crippen molar-refractivity contribution in [1.29, 1.82) is 0 Å². The highest BCUT2D eigenvalue weighted by molar-refractivity contribution is 5.82. The Morgan fingerprint density at radius 3 is 2.79 bits per heavy atom. The third-order valence-corrected chi connectivity index (χ3v) is 3.94. The summed E-state index contributed by atoms with van der Waals surface area (Å²) in [5, 5.41) is 6.63. The molecule has 1 saturated heterocycles. The summed E-state index contributed by atoms with van der Waals surface area (Å²) in [6.07, 6.45) is 1.02. The lowest BCUT2D eigenvalue weighted by Gasteiger charge is -2.33. The fraction of sp³-hybridized carbons (Fsp3) is 0.500. The molecule has 1 fully saturated rings.